The largest absolute Gasteiger partial charge is 2.00 e. The van der Waals surface area contributed by atoms with Crippen molar-refractivity contribution in [2.45, 2.75) is 46.2 Å². The fourth-order valence-corrected chi connectivity index (χ4v) is 4.03. The standard InChI is InChI=1S/2C14H20N2O2.CH4.2BF3.2FH.H2O.Zn/c2*1-14(2,15)13(17)11-3-5-12(6-4-11)16-7-9-18-10-8-16;;2*2-1(3)4;;;;/h2*3-6H,7-10,15H2,1-2H3;1H4;;;2*1H;1H2;/q;;;;;;;;+2/p-2. The number of rotatable bonds is 2. The Bertz CT molecular complexity index is 1070. The van der Waals surface area contributed by atoms with Crippen molar-refractivity contribution < 1.29 is 89.1 Å². The second kappa shape index (κ2) is 27.1. The van der Waals surface area contributed by atoms with Crippen LogP contribution in [0.15, 0.2) is 71.3 Å². The molecule has 2 aliphatic heterocycles. The van der Waals surface area contributed by atoms with Gasteiger partial charge in [-0.1, -0.05) is 7.43 Å². The number of hydrogen-bond acceptors (Lipinski definition) is 6. The number of nitrogens with two attached hydrogens (primary N) is 2. The van der Waals surface area contributed by atoms with Crippen molar-refractivity contribution in [2.24, 2.45) is 11.5 Å². The minimum atomic E-state index is -3.67. The van der Waals surface area contributed by atoms with Gasteiger partial charge in [0.2, 0.25) is 0 Å². The van der Waals surface area contributed by atoms with Gasteiger partial charge in [0.25, 0.3) is 0 Å². The van der Waals surface area contributed by atoms with Crippen molar-refractivity contribution >= 4 is 26.5 Å². The van der Waals surface area contributed by atoms with Gasteiger partial charge in [0.05, 0.1) is 0 Å². The van der Waals surface area contributed by atoms with E-state index in [2.05, 4.69) is 9.15 Å². The molecule has 0 amide bonds. The molecule has 2 heterocycles. The molecule has 0 aromatic carbocycles. The smallest absolute Gasteiger partial charge is 1.00 e. The van der Waals surface area contributed by atoms with Crippen LogP contribution in [-0.4, -0.2) is 105 Å². The van der Waals surface area contributed by atoms with Crippen LogP contribution in [0.1, 0.15) is 35.1 Å². The van der Waals surface area contributed by atoms with Gasteiger partial charge >= 0.3 is 34.6 Å². The molecule has 0 aromatic rings. The fourth-order valence-electron chi connectivity index (χ4n) is 4.03. The molecular formula is C29H46B2F8N4O5Zn. The van der Waals surface area contributed by atoms with Crippen LogP contribution < -0.4 is 31.1 Å². The zero-order chi connectivity index (χ0) is 33.5. The van der Waals surface area contributed by atoms with Gasteiger partial charge in [0.1, 0.15) is 26.4 Å². The molecule has 4 rings (SSSR count). The normalized spacial score (nSPS) is 16.2. The van der Waals surface area contributed by atoms with Crippen LogP contribution in [-0.2, 0) is 29.0 Å². The summed E-state index contributed by atoms with van der Waals surface area (Å²) in [7, 11) is -7.33. The molecule has 0 saturated carbocycles. The van der Waals surface area contributed by atoms with Crippen LogP contribution >= 0.6 is 0 Å². The van der Waals surface area contributed by atoms with Gasteiger partial charge in [0.15, 0.2) is 37.6 Å². The van der Waals surface area contributed by atoms with E-state index in [-0.39, 0.29) is 53.3 Å². The summed E-state index contributed by atoms with van der Waals surface area (Å²) in [5.41, 5.74) is 13.6. The van der Waals surface area contributed by atoms with Crippen LogP contribution in [0.4, 0.5) is 25.9 Å². The Kier molecular flexibility index (Phi) is 30.9. The van der Waals surface area contributed by atoms with Gasteiger partial charge in [-0.3, -0.25) is 25.9 Å². The summed E-state index contributed by atoms with van der Waals surface area (Å²) in [4.78, 5) is 0. The monoisotopic (exact) mass is 768 g/mol. The molecule has 276 valence electrons. The number of nitrogens with zero attached hydrogens (tertiary/aromatic N) is 2. The molecule has 0 unspecified atom stereocenters. The fraction of sp³-hybridized carbons (Fsp3) is 0.517. The Hall–Kier alpha value is -2.63. The molecule has 9 nitrogen and oxygen atoms in total. The van der Waals surface area contributed by atoms with E-state index in [9.17, 15) is 36.1 Å². The molecule has 4 aliphatic rings. The molecule has 20 heteroatoms. The SMILES string of the molecule is C.CC(C)(N)C([O-])=C1C=CC(=[N+]2CCOCC2)C=C1.CC(C)(N)C([O-])=C1C=CC(=[N+]2CCOCC2)C=C1.FB(F)F.FB(F)F.O.[F-].[F-].[Zn+2]. The maximum absolute atomic E-state index is 12.0. The summed E-state index contributed by atoms with van der Waals surface area (Å²) in [6, 6.07) is 0. The van der Waals surface area contributed by atoms with Gasteiger partial charge in [0, 0.05) is 35.4 Å². The van der Waals surface area contributed by atoms with E-state index in [1.165, 1.54) is 0 Å². The summed E-state index contributed by atoms with van der Waals surface area (Å²) in [5, 5.41) is 24.0. The Morgan fingerprint density at radius 2 is 0.816 bits per heavy atom. The maximum Gasteiger partial charge on any atom is 2.00 e. The van der Waals surface area contributed by atoms with E-state index in [1.807, 2.05) is 48.6 Å². The molecule has 0 bridgehead atoms. The van der Waals surface area contributed by atoms with E-state index in [0.717, 1.165) is 64.0 Å². The molecule has 0 aromatic heterocycles. The Labute approximate surface area is 296 Å². The molecule has 2 fully saturated rings. The zero-order valence-corrected chi connectivity index (χ0v) is 30.3. The summed E-state index contributed by atoms with van der Waals surface area (Å²) in [6.45, 7) is 13.5. The number of morpholine rings is 2. The number of allylic oxidation sites excluding steroid dienone is 10. The summed E-state index contributed by atoms with van der Waals surface area (Å²) < 4.78 is 73.1. The van der Waals surface area contributed by atoms with Gasteiger partial charge in [-0.25, -0.2) is 9.15 Å². The third-order valence-corrected chi connectivity index (χ3v) is 6.18. The van der Waals surface area contributed by atoms with Crippen molar-refractivity contribution in [3.8, 4) is 0 Å². The van der Waals surface area contributed by atoms with Crippen molar-refractivity contribution in [1.82, 2.24) is 0 Å². The van der Waals surface area contributed by atoms with E-state index in [1.54, 1.807) is 27.7 Å². The quantitative estimate of drug-likeness (QED) is 0.125. The second-order valence-corrected chi connectivity index (χ2v) is 10.9. The molecule has 49 heavy (non-hydrogen) atoms. The van der Waals surface area contributed by atoms with Gasteiger partial charge in [-0.15, -0.1) is 11.5 Å². The Morgan fingerprint density at radius 3 is 1.00 bits per heavy atom. The summed E-state index contributed by atoms with van der Waals surface area (Å²) >= 11 is 0. The molecular weight excluding hydrogens is 723 g/mol. The van der Waals surface area contributed by atoms with Crippen LogP contribution in [0, 0.1) is 0 Å². The van der Waals surface area contributed by atoms with E-state index >= 15 is 0 Å². The predicted molar refractivity (Wildman–Crippen MR) is 167 cm³/mol. The zero-order valence-electron chi connectivity index (χ0n) is 27.3. The van der Waals surface area contributed by atoms with Crippen LogP contribution in [0.5, 0.6) is 0 Å². The minimum absolute atomic E-state index is 0. The molecule has 6 N–H and O–H groups in total. The first-order chi connectivity index (χ1) is 20.4. The molecule has 0 spiro atoms. The first-order valence-corrected chi connectivity index (χ1v) is 13.8. The molecule has 0 radical (unpaired) electrons. The van der Waals surface area contributed by atoms with Gasteiger partial charge in [-0.2, -0.15) is 0 Å². The van der Waals surface area contributed by atoms with Crippen LogP contribution in [0.3, 0.4) is 0 Å². The first-order valence-electron chi connectivity index (χ1n) is 13.8. The summed E-state index contributed by atoms with van der Waals surface area (Å²) in [5.74, 6) is -0.0629. The van der Waals surface area contributed by atoms with E-state index in [0.29, 0.717) is 11.1 Å². The molecule has 2 aliphatic carbocycles. The Balaban J connectivity index is -0.000000199. The van der Waals surface area contributed by atoms with E-state index in [4.69, 9.17) is 20.9 Å². The number of halogens is 8. The van der Waals surface area contributed by atoms with Gasteiger partial charge < -0.3 is 46.0 Å². The van der Waals surface area contributed by atoms with Crippen molar-refractivity contribution in [3.05, 3.63) is 71.3 Å². The molecule has 0 atom stereocenters. The average Bonchev–Trinajstić information content (AvgIpc) is 2.96. The first kappa shape index (κ1) is 55.8. The number of hydrogen-bond donors (Lipinski definition) is 2. The van der Waals surface area contributed by atoms with Crippen molar-refractivity contribution in [2.75, 3.05) is 52.6 Å². The van der Waals surface area contributed by atoms with Crippen LogP contribution in [0.25, 0.3) is 0 Å². The van der Waals surface area contributed by atoms with Crippen molar-refractivity contribution in [3.63, 3.8) is 0 Å². The molecule has 2 saturated heterocycles. The van der Waals surface area contributed by atoms with Crippen molar-refractivity contribution in [1.29, 1.82) is 0 Å². The Morgan fingerprint density at radius 1 is 0.612 bits per heavy atom. The third kappa shape index (κ3) is 22.7. The van der Waals surface area contributed by atoms with E-state index < -0.39 is 26.2 Å². The number of ether oxygens (including phenoxy) is 2. The topological polar surface area (TPSA) is 154 Å². The maximum atomic E-state index is 12.0. The summed E-state index contributed by atoms with van der Waals surface area (Å²) in [6.07, 6.45) is 15.3. The third-order valence-electron chi connectivity index (χ3n) is 6.18. The average molecular weight is 770 g/mol. The van der Waals surface area contributed by atoms with Crippen LogP contribution in [0.2, 0.25) is 0 Å². The minimum Gasteiger partial charge on any atom is -1.00 e. The van der Waals surface area contributed by atoms with Gasteiger partial charge in [-0.05, 0) is 63.1 Å². The second-order valence-electron chi connectivity index (χ2n) is 10.9. The predicted octanol–water partition coefficient (Wildman–Crippen LogP) is -4.53.